The first kappa shape index (κ1) is 10.4. The number of carbonyl (C=O) groups is 1. The van der Waals surface area contributed by atoms with Crippen LogP contribution in [0.2, 0.25) is 0 Å². The number of aromatic nitrogens is 2. The fourth-order valence-electron chi connectivity index (χ4n) is 0.956. The van der Waals surface area contributed by atoms with E-state index in [9.17, 15) is 9.59 Å². The van der Waals surface area contributed by atoms with Crippen molar-refractivity contribution in [3.63, 3.8) is 0 Å². The second-order valence-corrected chi connectivity index (χ2v) is 3.27. The lowest BCUT2D eigenvalue weighted by molar-refractivity contribution is 0.238. The number of hydrogen-bond donors (Lipinski definition) is 4. The molecule has 0 fully saturated rings. The van der Waals surface area contributed by atoms with Crippen LogP contribution in [0.1, 0.15) is 19.5 Å². The van der Waals surface area contributed by atoms with Crippen LogP contribution in [-0.2, 0) is 6.54 Å². The quantitative estimate of drug-likeness (QED) is 0.546. The van der Waals surface area contributed by atoms with E-state index >= 15 is 0 Å². The predicted octanol–water partition coefficient (Wildman–Crippen LogP) is -0.0894. The molecule has 0 saturated carbocycles. The minimum absolute atomic E-state index is 0.0975. The van der Waals surface area contributed by atoms with Crippen LogP contribution in [0.5, 0.6) is 0 Å². The Morgan fingerprint density at radius 3 is 2.71 bits per heavy atom. The molecule has 0 aliphatic rings. The van der Waals surface area contributed by atoms with Gasteiger partial charge in [-0.3, -0.25) is 9.89 Å². The van der Waals surface area contributed by atoms with Gasteiger partial charge < -0.3 is 15.7 Å². The molecular weight excluding hydrogens is 184 g/mol. The molecule has 6 nitrogen and oxygen atoms in total. The zero-order valence-corrected chi connectivity index (χ0v) is 8.18. The maximum Gasteiger partial charge on any atom is 0.315 e. The number of nitrogens with one attached hydrogen (secondary N) is 4. The first-order chi connectivity index (χ1) is 6.58. The Bertz CT molecular complexity index is 352. The van der Waals surface area contributed by atoms with Crippen molar-refractivity contribution in [1.82, 2.24) is 20.8 Å². The Labute approximate surface area is 81.1 Å². The van der Waals surface area contributed by atoms with Gasteiger partial charge in [0, 0.05) is 12.1 Å². The molecule has 0 radical (unpaired) electrons. The van der Waals surface area contributed by atoms with E-state index in [2.05, 4.69) is 20.8 Å². The van der Waals surface area contributed by atoms with E-state index in [4.69, 9.17) is 0 Å². The van der Waals surface area contributed by atoms with Crippen molar-refractivity contribution in [3.05, 3.63) is 22.1 Å². The zero-order chi connectivity index (χ0) is 10.6. The van der Waals surface area contributed by atoms with E-state index in [0.717, 1.165) is 0 Å². The van der Waals surface area contributed by atoms with Gasteiger partial charge in [-0.2, -0.15) is 0 Å². The van der Waals surface area contributed by atoms with Crippen LogP contribution < -0.4 is 16.2 Å². The maximum atomic E-state index is 11.1. The Morgan fingerprint density at radius 1 is 1.50 bits per heavy atom. The molecule has 1 rings (SSSR count). The van der Waals surface area contributed by atoms with Crippen LogP contribution in [0.4, 0.5) is 4.79 Å². The molecule has 1 aromatic heterocycles. The highest BCUT2D eigenvalue weighted by atomic mass is 16.2. The fourth-order valence-corrected chi connectivity index (χ4v) is 0.956. The van der Waals surface area contributed by atoms with E-state index in [1.807, 2.05) is 13.8 Å². The van der Waals surface area contributed by atoms with Gasteiger partial charge in [-0.05, 0) is 13.8 Å². The molecule has 1 aromatic rings. The average Bonchev–Trinajstić information content (AvgIpc) is 2.47. The highest BCUT2D eigenvalue weighted by Crippen LogP contribution is 1.85. The number of carbonyl (C=O) groups excluding carboxylic acids is 1. The number of amides is 2. The summed E-state index contributed by atoms with van der Waals surface area (Å²) >= 11 is 0. The standard InChI is InChI=1S/C8H14N4O2/c1-5(2)10-8(14)9-4-6-3-7(13)12-11-6/h3,5H,4H2,1-2H3,(H2,9,10,14)(H2,11,12,13). The van der Waals surface area contributed by atoms with Crippen molar-refractivity contribution in [3.8, 4) is 0 Å². The van der Waals surface area contributed by atoms with Gasteiger partial charge in [-0.1, -0.05) is 0 Å². The molecule has 0 spiro atoms. The third kappa shape index (κ3) is 3.34. The van der Waals surface area contributed by atoms with Crippen molar-refractivity contribution in [2.24, 2.45) is 0 Å². The van der Waals surface area contributed by atoms with E-state index < -0.39 is 0 Å². The van der Waals surface area contributed by atoms with Crippen LogP contribution in [0.3, 0.4) is 0 Å². The zero-order valence-electron chi connectivity index (χ0n) is 8.18. The molecule has 0 aromatic carbocycles. The van der Waals surface area contributed by atoms with E-state index in [0.29, 0.717) is 12.2 Å². The minimum atomic E-state index is -0.248. The SMILES string of the molecule is CC(C)NC(=O)NCc1cc(=O)[nH][nH]1. The summed E-state index contributed by atoms with van der Waals surface area (Å²) in [5, 5.41) is 10.3. The van der Waals surface area contributed by atoms with Crippen molar-refractivity contribution in [2.45, 2.75) is 26.4 Å². The molecule has 0 bridgehead atoms. The summed E-state index contributed by atoms with van der Waals surface area (Å²) in [6.07, 6.45) is 0. The highest BCUT2D eigenvalue weighted by Gasteiger charge is 2.02. The summed E-state index contributed by atoms with van der Waals surface area (Å²) in [6, 6.07) is 1.25. The van der Waals surface area contributed by atoms with Gasteiger partial charge in [0.05, 0.1) is 12.2 Å². The van der Waals surface area contributed by atoms with Gasteiger partial charge in [-0.25, -0.2) is 4.79 Å². The molecule has 78 valence electrons. The summed E-state index contributed by atoms with van der Waals surface area (Å²) in [4.78, 5) is 21.8. The van der Waals surface area contributed by atoms with Crippen LogP contribution in [0.15, 0.2) is 10.9 Å². The Morgan fingerprint density at radius 2 is 2.21 bits per heavy atom. The Balaban J connectivity index is 2.34. The molecule has 0 atom stereocenters. The van der Waals surface area contributed by atoms with E-state index in [1.165, 1.54) is 6.07 Å². The van der Waals surface area contributed by atoms with Crippen LogP contribution in [-0.4, -0.2) is 22.3 Å². The first-order valence-corrected chi connectivity index (χ1v) is 4.39. The number of H-pyrrole nitrogens is 2. The molecular formula is C8H14N4O2. The smallest absolute Gasteiger partial charge is 0.315 e. The second kappa shape index (κ2) is 4.50. The lowest BCUT2D eigenvalue weighted by Gasteiger charge is -2.08. The molecule has 1 heterocycles. The Kier molecular flexibility index (Phi) is 3.33. The monoisotopic (exact) mass is 198 g/mol. The molecule has 0 aliphatic carbocycles. The largest absolute Gasteiger partial charge is 0.336 e. The molecule has 14 heavy (non-hydrogen) atoms. The average molecular weight is 198 g/mol. The summed E-state index contributed by atoms with van der Waals surface area (Å²) in [5.41, 5.74) is 0.444. The predicted molar refractivity (Wildman–Crippen MR) is 51.9 cm³/mol. The fraction of sp³-hybridized carbons (Fsp3) is 0.500. The van der Waals surface area contributed by atoms with E-state index in [1.54, 1.807) is 0 Å². The first-order valence-electron chi connectivity index (χ1n) is 4.39. The Hall–Kier alpha value is -1.72. The normalized spacial score (nSPS) is 10.2. The number of rotatable bonds is 3. The third-order valence-corrected chi connectivity index (χ3v) is 1.51. The van der Waals surface area contributed by atoms with Crippen LogP contribution in [0, 0.1) is 0 Å². The van der Waals surface area contributed by atoms with Crippen molar-refractivity contribution >= 4 is 6.03 Å². The van der Waals surface area contributed by atoms with Crippen LogP contribution in [0.25, 0.3) is 0 Å². The molecule has 0 aliphatic heterocycles. The molecule has 6 heteroatoms. The van der Waals surface area contributed by atoms with Crippen molar-refractivity contribution in [1.29, 1.82) is 0 Å². The lowest BCUT2D eigenvalue weighted by atomic mass is 10.4. The molecule has 0 unspecified atom stereocenters. The summed E-state index contributed by atoms with van der Waals surface area (Å²) in [6.45, 7) is 4.05. The van der Waals surface area contributed by atoms with Crippen molar-refractivity contribution in [2.75, 3.05) is 0 Å². The molecule has 0 saturated heterocycles. The molecule has 4 N–H and O–H groups in total. The summed E-state index contributed by atoms with van der Waals surface area (Å²) in [7, 11) is 0. The van der Waals surface area contributed by atoms with Crippen LogP contribution >= 0.6 is 0 Å². The summed E-state index contributed by atoms with van der Waals surface area (Å²) in [5.74, 6) is 0. The molecule has 2 amide bonds. The van der Waals surface area contributed by atoms with E-state index in [-0.39, 0.29) is 17.6 Å². The van der Waals surface area contributed by atoms with Gasteiger partial charge in [0.15, 0.2) is 0 Å². The topological polar surface area (TPSA) is 89.8 Å². The summed E-state index contributed by atoms with van der Waals surface area (Å²) < 4.78 is 0. The third-order valence-electron chi connectivity index (χ3n) is 1.51. The number of aromatic amines is 2. The number of hydrogen-bond acceptors (Lipinski definition) is 2. The number of urea groups is 1. The van der Waals surface area contributed by atoms with Gasteiger partial charge in [-0.15, -0.1) is 0 Å². The minimum Gasteiger partial charge on any atom is -0.336 e. The lowest BCUT2D eigenvalue weighted by Crippen LogP contribution is -2.39. The van der Waals surface area contributed by atoms with Gasteiger partial charge >= 0.3 is 6.03 Å². The van der Waals surface area contributed by atoms with Gasteiger partial charge in [0.1, 0.15) is 0 Å². The highest BCUT2D eigenvalue weighted by molar-refractivity contribution is 5.73. The van der Waals surface area contributed by atoms with Gasteiger partial charge in [0.2, 0.25) is 0 Å². The maximum absolute atomic E-state index is 11.1. The van der Waals surface area contributed by atoms with Crippen molar-refractivity contribution < 1.29 is 4.79 Å². The second-order valence-electron chi connectivity index (χ2n) is 3.27. The van der Waals surface area contributed by atoms with Gasteiger partial charge in [0.25, 0.3) is 5.56 Å².